The van der Waals surface area contributed by atoms with Gasteiger partial charge in [0, 0.05) is 31.5 Å². The molecule has 0 saturated heterocycles. The Morgan fingerprint density at radius 1 is 1.44 bits per heavy atom. The highest BCUT2D eigenvalue weighted by Gasteiger charge is 1.97. The minimum atomic E-state index is 0.749. The van der Waals surface area contributed by atoms with Crippen molar-refractivity contribution in [1.82, 2.24) is 20.4 Å². The zero-order valence-corrected chi connectivity index (χ0v) is 10.8. The Bertz CT molecular complexity index is 322. The summed E-state index contributed by atoms with van der Waals surface area (Å²) in [6.07, 6.45) is 3.95. The van der Waals surface area contributed by atoms with Crippen LogP contribution in [-0.4, -0.2) is 28.0 Å². The average molecular weight is 240 g/mol. The van der Waals surface area contributed by atoms with Gasteiger partial charge in [-0.25, -0.2) is 0 Å². The van der Waals surface area contributed by atoms with Crippen LogP contribution in [0.2, 0.25) is 0 Å². The van der Waals surface area contributed by atoms with Crippen LogP contribution in [0, 0.1) is 6.92 Å². The SMILES string of the molecule is CCCNC(=S)NCCCn1nccc1C. The summed E-state index contributed by atoms with van der Waals surface area (Å²) in [7, 11) is 0. The molecule has 1 aromatic rings. The molecule has 1 heterocycles. The van der Waals surface area contributed by atoms with E-state index in [0.717, 1.165) is 37.6 Å². The molecule has 0 aliphatic carbocycles. The van der Waals surface area contributed by atoms with Gasteiger partial charge in [-0.3, -0.25) is 4.68 Å². The summed E-state index contributed by atoms with van der Waals surface area (Å²) in [5.74, 6) is 0. The van der Waals surface area contributed by atoms with Gasteiger partial charge >= 0.3 is 0 Å². The van der Waals surface area contributed by atoms with Crippen LogP contribution in [0.1, 0.15) is 25.5 Å². The number of nitrogens with zero attached hydrogens (tertiary/aromatic N) is 2. The Morgan fingerprint density at radius 3 is 2.81 bits per heavy atom. The van der Waals surface area contributed by atoms with Crippen molar-refractivity contribution in [2.24, 2.45) is 0 Å². The summed E-state index contributed by atoms with van der Waals surface area (Å²) in [4.78, 5) is 0. The molecule has 0 saturated carbocycles. The van der Waals surface area contributed by atoms with Crippen LogP contribution >= 0.6 is 12.2 Å². The fourth-order valence-corrected chi connectivity index (χ4v) is 1.57. The lowest BCUT2D eigenvalue weighted by Crippen LogP contribution is -2.36. The largest absolute Gasteiger partial charge is 0.363 e. The number of hydrogen-bond acceptors (Lipinski definition) is 2. The van der Waals surface area contributed by atoms with Crippen LogP contribution < -0.4 is 10.6 Å². The van der Waals surface area contributed by atoms with Gasteiger partial charge in [-0.15, -0.1) is 0 Å². The topological polar surface area (TPSA) is 41.9 Å². The first-order valence-electron chi connectivity index (χ1n) is 5.74. The highest BCUT2D eigenvalue weighted by Crippen LogP contribution is 1.96. The minimum Gasteiger partial charge on any atom is -0.363 e. The first-order chi connectivity index (χ1) is 7.74. The third-order valence-electron chi connectivity index (χ3n) is 2.30. The predicted molar refractivity (Wildman–Crippen MR) is 70.5 cm³/mol. The van der Waals surface area contributed by atoms with Crippen molar-refractivity contribution in [3.05, 3.63) is 18.0 Å². The molecule has 2 N–H and O–H groups in total. The maximum absolute atomic E-state index is 5.11. The molecule has 5 heteroatoms. The molecule has 0 aliphatic heterocycles. The van der Waals surface area contributed by atoms with E-state index in [1.165, 1.54) is 5.69 Å². The zero-order chi connectivity index (χ0) is 11.8. The van der Waals surface area contributed by atoms with E-state index in [4.69, 9.17) is 12.2 Å². The molecular formula is C11H20N4S. The molecule has 0 aromatic carbocycles. The standard InChI is InChI=1S/C11H20N4S/c1-3-6-12-11(16)13-7-4-9-15-10(2)5-8-14-15/h5,8H,3-4,6-7,9H2,1-2H3,(H2,12,13,16). The Balaban J connectivity index is 2.08. The molecule has 0 amide bonds. The van der Waals surface area contributed by atoms with Crippen molar-refractivity contribution in [3.8, 4) is 0 Å². The van der Waals surface area contributed by atoms with Crippen LogP contribution in [0.5, 0.6) is 0 Å². The van der Waals surface area contributed by atoms with Gasteiger partial charge in [0.25, 0.3) is 0 Å². The summed E-state index contributed by atoms with van der Waals surface area (Å²) in [5.41, 5.74) is 1.20. The Hall–Kier alpha value is -1.10. The van der Waals surface area contributed by atoms with Gasteiger partial charge in [-0.2, -0.15) is 5.10 Å². The number of rotatable bonds is 6. The molecule has 0 fully saturated rings. The predicted octanol–water partition coefficient (Wildman–Crippen LogP) is 1.46. The minimum absolute atomic E-state index is 0.749. The van der Waals surface area contributed by atoms with E-state index in [2.05, 4.69) is 29.6 Å². The van der Waals surface area contributed by atoms with Gasteiger partial charge in [0.2, 0.25) is 0 Å². The van der Waals surface area contributed by atoms with E-state index >= 15 is 0 Å². The van der Waals surface area contributed by atoms with Crippen molar-refractivity contribution in [3.63, 3.8) is 0 Å². The molecule has 16 heavy (non-hydrogen) atoms. The number of thiocarbonyl (C=S) groups is 1. The maximum Gasteiger partial charge on any atom is 0.166 e. The quantitative estimate of drug-likeness (QED) is 0.583. The van der Waals surface area contributed by atoms with Crippen LogP contribution in [0.25, 0.3) is 0 Å². The van der Waals surface area contributed by atoms with Gasteiger partial charge in [-0.05, 0) is 38.0 Å². The third kappa shape index (κ3) is 4.61. The molecule has 1 aromatic heterocycles. The molecule has 1 rings (SSSR count). The van der Waals surface area contributed by atoms with Crippen molar-refractivity contribution in [2.75, 3.05) is 13.1 Å². The lowest BCUT2D eigenvalue weighted by molar-refractivity contribution is 0.559. The molecule has 4 nitrogen and oxygen atoms in total. The number of aromatic nitrogens is 2. The molecule has 0 atom stereocenters. The number of hydrogen-bond donors (Lipinski definition) is 2. The molecule has 0 aliphatic rings. The van der Waals surface area contributed by atoms with Crippen molar-refractivity contribution in [1.29, 1.82) is 0 Å². The molecule has 0 bridgehead atoms. The molecule has 0 radical (unpaired) electrons. The maximum atomic E-state index is 5.11. The average Bonchev–Trinajstić information content (AvgIpc) is 2.67. The van der Waals surface area contributed by atoms with Crippen LogP contribution in [-0.2, 0) is 6.54 Å². The van der Waals surface area contributed by atoms with Gasteiger partial charge in [0.05, 0.1) is 0 Å². The molecular weight excluding hydrogens is 220 g/mol. The van der Waals surface area contributed by atoms with E-state index in [1.54, 1.807) is 0 Å². The van der Waals surface area contributed by atoms with E-state index in [-0.39, 0.29) is 0 Å². The van der Waals surface area contributed by atoms with Gasteiger partial charge < -0.3 is 10.6 Å². The highest BCUT2D eigenvalue weighted by molar-refractivity contribution is 7.80. The van der Waals surface area contributed by atoms with Crippen LogP contribution in [0.4, 0.5) is 0 Å². The Labute approximate surface area is 102 Å². The van der Waals surface area contributed by atoms with E-state index < -0.39 is 0 Å². The molecule has 0 unspecified atom stereocenters. The molecule has 90 valence electrons. The monoisotopic (exact) mass is 240 g/mol. The van der Waals surface area contributed by atoms with Gasteiger partial charge in [0.15, 0.2) is 5.11 Å². The number of aryl methyl sites for hydroxylation is 2. The normalized spacial score (nSPS) is 10.1. The van der Waals surface area contributed by atoms with Gasteiger partial charge in [-0.1, -0.05) is 6.92 Å². The first kappa shape index (κ1) is 13.0. The summed E-state index contributed by atoms with van der Waals surface area (Å²) in [5, 5.41) is 11.3. The molecule has 0 spiro atoms. The Morgan fingerprint density at radius 2 is 2.19 bits per heavy atom. The smallest absolute Gasteiger partial charge is 0.166 e. The summed E-state index contributed by atoms with van der Waals surface area (Å²) < 4.78 is 2.00. The van der Waals surface area contributed by atoms with Crippen molar-refractivity contribution >= 4 is 17.3 Å². The second kappa shape index (κ2) is 7.22. The van der Waals surface area contributed by atoms with E-state index in [0.29, 0.717) is 0 Å². The first-order valence-corrected chi connectivity index (χ1v) is 6.15. The van der Waals surface area contributed by atoms with E-state index in [9.17, 15) is 0 Å². The number of nitrogens with one attached hydrogen (secondary N) is 2. The lowest BCUT2D eigenvalue weighted by Gasteiger charge is -2.09. The third-order valence-corrected chi connectivity index (χ3v) is 2.59. The second-order valence-corrected chi connectivity index (χ2v) is 4.14. The summed E-state index contributed by atoms with van der Waals surface area (Å²) in [6.45, 7) is 6.94. The van der Waals surface area contributed by atoms with E-state index in [1.807, 2.05) is 16.9 Å². The summed E-state index contributed by atoms with van der Waals surface area (Å²) >= 11 is 5.11. The van der Waals surface area contributed by atoms with Crippen LogP contribution in [0.15, 0.2) is 12.3 Å². The van der Waals surface area contributed by atoms with Crippen molar-refractivity contribution < 1.29 is 0 Å². The Kier molecular flexibility index (Phi) is 5.85. The fourth-order valence-electron chi connectivity index (χ4n) is 1.36. The fraction of sp³-hybridized carbons (Fsp3) is 0.636. The highest BCUT2D eigenvalue weighted by atomic mass is 32.1. The van der Waals surface area contributed by atoms with Crippen molar-refractivity contribution in [2.45, 2.75) is 33.2 Å². The zero-order valence-electron chi connectivity index (χ0n) is 9.99. The van der Waals surface area contributed by atoms with Crippen LogP contribution in [0.3, 0.4) is 0 Å². The van der Waals surface area contributed by atoms with Gasteiger partial charge in [0.1, 0.15) is 0 Å². The summed E-state index contributed by atoms with van der Waals surface area (Å²) in [6, 6.07) is 2.01. The lowest BCUT2D eigenvalue weighted by atomic mass is 10.4. The second-order valence-electron chi connectivity index (χ2n) is 3.73.